The van der Waals surface area contributed by atoms with Gasteiger partial charge in [-0.3, -0.25) is 0 Å². The van der Waals surface area contributed by atoms with Crippen molar-refractivity contribution in [1.82, 2.24) is 0 Å². The normalized spacial score (nSPS) is 12.4. The third-order valence-corrected chi connectivity index (χ3v) is 13.1. The van der Waals surface area contributed by atoms with Crippen LogP contribution in [0.5, 0.6) is 0 Å². The number of anilines is 9. The van der Waals surface area contributed by atoms with Gasteiger partial charge in [-0.05, 0) is 136 Å². The molecular weight excluding hydrogens is 787 g/mol. The minimum atomic E-state index is -0.200. The Morgan fingerprint density at radius 2 is 0.785 bits per heavy atom. The van der Waals surface area contributed by atoms with Gasteiger partial charge in [-0.1, -0.05) is 172 Å². The zero-order chi connectivity index (χ0) is 43.9. The minimum absolute atomic E-state index is 0.200. The van der Waals surface area contributed by atoms with Gasteiger partial charge in [-0.2, -0.15) is 0 Å². The molecule has 1 aliphatic carbocycles. The summed E-state index contributed by atoms with van der Waals surface area (Å²) in [4.78, 5) is 7.27. The van der Waals surface area contributed by atoms with Crippen molar-refractivity contribution in [1.29, 1.82) is 0 Å². The molecule has 0 unspecified atom stereocenters. The van der Waals surface area contributed by atoms with Crippen LogP contribution >= 0.6 is 0 Å². The molecule has 0 N–H and O–H groups in total. The fourth-order valence-corrected chi connectivity index (χ4v) is 10.1. The fourth-order valence-electron chi connectivity index (χ4n) is 10.1. The maximum atomic E-state index is 2.51. The van der Waals surface area contributed by atoms with E-state index in [9.17, 15) is 0 Å². The molecule has 312 valence electrons. The van der Waals surface area contributed by atoms with Crippen LogP contribution in [0.4, 0.5) is 51.2 Å². The number of benzene rings is 10. The lowest BCUT2D eigenvalue weighted by molar-refractivity contribution is 0.660. The largest absolute Gasteiger partial charge is 0.310 e. The van der Waals surface area contributed by atoms with E-state index in [1.165, 1.54) is 49.7 Å². The lowest BCUT2D eigenvalue weighted by atomic mass is 9.82. The third kappa shape index (κ3) is 7.12. The summed E-state index contributed by atoms with van der Waals surface area (Å²) >= 11 is 0. The molecule has 0 radical (unpaired) electrons. The average molecular weight is 836 g/mol. The lowest BCUT2D eigenvalue weighted by Gasteiger charge is -2.34. The molecule has 0 aromatic heterocycles. The summed E-state index contributed by atoms with van der Waals surface area (Å²) in [6, 6.07) is 88.2. The van der Waals surface area contributed by atoms with E-state index in [0.29, 0.717) is 0 Å². The SMILES string of the molecule is Cc1cccc2c1-c1ccc(N(c3cc(N(c4ccccc4)c4ccccc4)cc(N(c4ccccc4)c4ccccc4)c3)c3cccc4cccc(-c5ccccc5)c34)cc1C2(C)C. The Labute approximate surface area is 382 Å². The van der Waals surface area contributed by atoms with Gasteiger partial charge >= 0.3 is 0 Å². The van der Waals surface area contributed by atoms with Crippen LogP contribution in [-0.2, 0) is 5.41 Å². The first-order valence-electron chi connectivity index (χ1n) is 22.5. The molecule has 0 bridgehead atoms. The van der Waals surface area contributed by atoms with Gasteiger partial charge in [0.2, 0.25) is 0 Å². The molecule has 3 heteroatoms. The predicted octanol–water partition coefficient (Wildman–Crippen LogP) is 17.5. The molecule has 11 rings (SSSR count). The molecule has 3 nitrogen and oxygen atoms in total. The second-order valence-corrected chi connectivity index (χ2v) is 17.5. The number of rotatable bonds is 10. The third-order valence-electron chi connectivity index (χ3n) is 13.1. The van der Waals surface area contributed by atoms with E-state index >= 15 is 0 Å². The van der Waals surface area contributed by atoms with Gasteiger partial charge in [0, 0.05) is 39.2 Å². The molecule has 0 spiro atoms. The molecule has 0 saturated carbocycles. The van der Waals surface area contributed by atoms with Gasteiger partial charge in [0.05, 0.1) is 22.7 Å². The molecule has 10 aromatic carbocycles. The van der Waals surface area contributed by atoms with Crippen LogP contribution in [0.15, 0.2) is 243 Å². The van der Waals surface area contributed by atoms with Crippen LogP contribution in [-0.4, -0.2) is 0 Å². The lowest BCUT2D eigenvalue weighted by Crippen LogP contribution is -2.18. The summed E-state index contributed by atoms with van der Waals surface area (Å²) in [6.45, 7) is 7.00. The quantitative estimate of drug-likeness (QED) is 0.136. The first-order chi connectivity index (χ1) is 31.9. The van der Waals surface area contributed by atoms with Crippen molar-refractivity contribution in [3.8, 4) is 22.3 Å². The second kappa shape index (κ2) is 16.5. The summed E-state index contributed by atoms with van der Waals surface area (Å²) in [6.07, 6.45) is 0. The summed E-state index contributed by atoms with van der Waals surface area (Å²) in [5.41, 5.74) is 18.4. The van der Waals surface area contributed by atoms with E-state index in [4.69, 9.17) is 0 Å². The second-order valence-electron chi connectivity index (χ2n) is 17.5. The molecule has 0 fully saturated rings. The zero-order valence-corrected chi connectivity index (χ0v) is 36.9. The smallest absolute Gasteiger partial charge is 0.0546 e. The number of hydrogen-bond acceptors (Lipinski definition) is 3. The summed E-state index contributed by atoms with van der Waals surface area (Å²) in [5.74, 6) is 0. The van der Waals surface area contributed by atoms with Crippen molar-refractivity contribution in [2.24, 2.45) is 0 Å². The number of hydrogen-bond donors (Lipinski definition) is 0. The number of aryl methyl sites for hydroxylation is 1. The Morgan fingerprint density at radius 1 is 0.323 bits per heavy atom. The van der Waals surface area contributed by atoms with E-state index in [1.807, 2.05) is 0 Å². The van der Waals surface area contributed by atoms with Gasteiger partial charge in [0.1, 0.15) is 0 Å². The highest BCUT2D eigenvalue weighted by Gasteiger charge is 2.37. The van der Waals surface area contributed by atoms with Gasteiger partial charge in [-0.15, -0.1) is 0 Å². The maximum Gasteiger partial charge on any atom is 0.0546 e. The Morgan fingerprint density at radius 3 is 1.31 bits per heavy atom. The molecule has 0 atom stereocenters. The van der Waals surface area contributed by atoms with Crippen molar-refractivity contribution in [2.75, 3.05) is 14.7 Å². The number of para-hydroxylation sites is 4. The van der Waals surface area contributed by atoms with Crippen LogP contribution in [0.3, 0.4) is 0 Å². The zero-order valence-electron chi connectivity index (χ0n) is 36.9. The van der Waals surface area contributed by atoms with Gasteiger partial charge in [-0.25, -0.2) is 0 Å². The van der Waals surface area contributed by atoms with E-state index in [1.54, 1.807) is 0 Å². The Kier molecular flexibility index (Phi) is 10.1. The Bertz CT molecular complexity index is 3110. The molecule has 0 heterocycles. The number of fused-ring (bicyclic) bond motifs is 4. The molecular formula is C62H49N3. The maximum absolute atomic E-state index is 2.51. The van der Waals surface area contributed by atoms with Crippen LogP contribution < -0.4 is 14.7 Å². The summed E-state index contributed by atoms with van der Waals surface area (Å²) in [7, 11) is 0. The first-order valence-corrected chi connectivity index (χ1v) is 22.5. The van der Waals surface area contributed by atoms with E-state index in [2.05, 4.69) is 278 Å². The van der Waals surface area contributed by atoms with Gasteiger partial charge in [0.15, 0.2) is 0 Å². The van der Waals surface area contributed by atoms with Crippen molar-refractivity contribution < 1.29 is 0 Å². The number of nitrogens with zero attached hydrogens (tertiary/aromatic N) is 3. The van der Waals surface area contributed by atoms with Crippen LogP contribution in [0, 0.1) is 6.92 Å². The molecule has 10 aromatic rings. The van der Waals surface area contributed by atoms with Crippen molar-refractivity contribution >= 4 is 62.0 Å². The molecule has 0 saturated heterocycles. The summed E-state index contributed by atoms with van der Waals surface area (Å²) < 4.78 is 0. The van der Waals surface area contributed by atoms with E-state index in [-0.39, 0.29) is 5.41 Å². The molecule has 0 aliphatic heterocycles. The predicted molar refractivity (Wildman–Crippen MR) is 276 cm³/mol. The molecule has 1 aliphatic rings. The minimum Gasteiger partial charge on any atom is -0.310 e. The Hall–Kier alpha value is -8.14. The Balaban J connectivity index is 1.25. The van der Waals surface area contributed by atoms with Crippen LogP contribution in [0.25, 0.3) is 33.0 Å². The van der Waals surface area contributed by atoms with E-state index < -0.39 is 0 Å². The summed E-state index contributed by atoms with van der Waals surface area (Å²) in [5, 5.41) is 2.37. The van der Waals surface area contributed by atoms with Gasteiger partial charge in [0.25, 0.3) is 0 Å². The first kappa shape index (κ1) is 39.7. The highest BCUT2D eigenvalue weighted by molar-refractivity contribution is 6.08. The molecule has 0 amide bonds. The fraction of sp³-hybridized carbons (Fsp3) is 0.0645. The van der Waals surface area contributed by atoms with Crippen LogP contribution in [0.1, 0.15) is 30.5 Å². The van der Waals surface area contributed by atoms with Gasteiger partial charge < -0.3 is 14.7 Å². The highest BCUT2D eigenvalue weighted by atomic mass is 15.2. The highest BCUT2D eigenvalue weighted by Crippen LogP contribution is 2.53. The van der Waals surface area contributed by atoms with Crippen molar-refractivity contribution in [3.63, 3.8) is 0 Å². The van der Waals surface area contributed by atoms with Crippen molar-refractivity contribution in [3.05, 3.63) is 259 Å². The van der Waals surface area contributed by atoms with Crippen molar-refractivity contribution in [2.45, 2.75) is 26.2 Å². The standard InChI is InChI=1S/C62H49N3/c1-44-22-19-36-57-60(44)56-39-38-51(43-58(56)62(57,2)3)65(59-37-21-26-46-25-20-35-55(61(46)59)45-23-9-4-10-24-45)54-41-52(63(47-27-11-5-12-28-47)48-29-13-6-14-30-48)40-53(42-54)64(49-31-15-7-16-32-49)50-33-17-8-18-34-50/h4-43H,1-3H3. The van der Waals surface area contributed by atoms with E-state index in [0.717, 1.165) is 51.2 Å². The topological polar surface area (TPSA) is 9.72 Å². The van der Waals surface area contributed by atoms with Crippen LogP contribution in [0.2, 0.25) is 0 Å². The molecule has 65 heavy (non-hydrogen) atoms. The monoisotopic (exact) mass is 835 g/mol. The average Bonchev–Trinajstić information content (AvgIpc) is 3.59.